The summed E-state index contributed by atoms with van der Waals surface area (Å²) in [5.74, 6) is 1.00. The van der Waals surface area contributed by atoms with Gasteiger partial charge in [0.1, 0.15) is 12.4 Å². The normalized spacial score (nSPS) is 18.8. The smallest absolute Gasteiger partial charge is 0.268 e. The van der Waals surface area contributed by atoms with E-state index in [4.69, 9.17) is 13.9 Å². The number of carbonyl (C=O) groups excluding carboxylic acids is 2. The molecule has 8 heteroatoms. The third-order valence-electron chi connectivity index (χ3n) is 6.30. The first kappa shape index (κ1) is 22.5. The van der Waals surface area contributed by atoms with Crippen LogP contribution in [0, 0.1) is 0 Å². The highest BCUT2D eigenvalue weighted by atomic mass is 32.1. The lowest BCUT2D eigenvalue weighted by molar-refractivity contribution is -0.150. The van der Waals surface area contributed by atoms with Crippen molar-refractivity contribution < 1.29 is 23.5 Å². The van der Waals surface area contributed by atoms with Gasteiger partial charge >= 0.3 is 0 Å². The zero-order chi connectivity index (χ0) is 23.3. The summed E-state index contributed by atoms with van der Waals surface area (Å²) >= 11 is 1.54. The van der Waals surface area contributed by atoms with Crippen molar-refractivity contribution in [3.63, 3.8) is 0 Å². The van der Waals surface area contributed by atoms with Crippen molar-refractivity contribution in [2.45, 2.75) is 56.8 Å². The molecule has 2 unspecified atom stereocenters. The van der Waals surface area contributed by atoms with Crippen LogP contribution < -0.4 is 14.8 Å². The average Bonchev–Trinajstić information content (AvgIpc) is 3.58. The van der Waals surface area contributed by atoms with Crippen molar-refractivity contribution in [1.29, 1.82) is 0 Å². The summed E-state index contributed by atoms with van der Waals surface area (Å²) in [7, 11) is 0. The molecule has 5 rings (SSSR count). The van der Waals surface area contributed by atoms with E-state index in [0.717, 1.165) is 30.6 Å². The fraction of sp³-hybridized carbons (Fsp3) is 0.385. The molecule has 1 saturated carbocycles. The molecule has 1 aromatic carbocycles. The molecule has 34 heavy (non-hydrogen) atoms. The molecule has 2 aromatic heterocycles. The van der Waals surface area contributed by atoms with Crippen molar-refractivity contribution in [1.82, 2.24) is 10.2 Å². The zero-order valence-electron chi connectivity index (χ0n) is 18.9. The van der Waals surface area contributed by atoms with Gasteiger partial charge in [0.05, 0.1) is 12.8 Å². The molecule has 7 nitrogen and oxygen atoms in total. The second kappa shape index (κ2) is 10.3. The van der Waals surface area contributed by atoms with E-state index in [9.17, 15) is 9.59 Å². The maximum Gasteiger partial charge on any atom is 0.268 e. The molecule has 0 radical (unpaired) electrons. The Kier molecular flexibility index (Phi) is 6.85. The highest BCUT2D eigenvalue weighted by Crippen LogP contribution is 2.33. The van der Waals surface area contributed by atoms with Crippen LogP contribution in [-0.4, -0.2) is 35.5 Å². The van der Waals surface area contributed by atoms with Gasteiger partial charge in [0.2, 0.25) is 6.10 Å². The summed E-state index contributed by atoms with van der Waals surface area (Å²) in [5, 5.41) is 5.14. The largest absolute Gasteiger partial charge is 0.485 e. The number of rotatable bonds is 7. The minimum atomic E-state index is -0.910. The lowest BCUT2D eigenvalue weighted by Gasteiger charge is -2.35. The highest BCUT2D eigenvalue weighted by molar-refractivity contribution is 7.09. The molecule has 3 aromatic rings. The first-order valence-electron chi connectivity index (χ1n) is 11.7. The van der Waals surface area contributed by atoms with Gasteiger partial charge in [-0.15, -0.1) is 11.3 Å². The van der Waals surface area contributed by atoms with Gasteiger partial charge in [-0.3, -0.25) is 9.59 Å². The number of nitrogens with one attached hydrogen (secondary N) is 1. The number of carbonyl (C=O) groups is 2. The second-order valence-corrected chi connectivity index (χ2v) is 9.70. The molecule has 2 aliphatic rings. The lowest BCUT2D eigenvalue weighted by Crippen LogP contribution is -2.51. The topological polar surface area (TPSA) is 81.0 Å². The van der Waals surface area contributed by atoms with Gasteiger partial charge in [-0.05, 0) is 48.6 Å². The maximum absolute atomic E-state index is 13.9. The summed E-state index contributed by atoms with van der Waals surface area (Å²) in [6.07, 6.45) is 5.95. The third kappa shape index (κ3) is 4.97. The number of para-hydroxylation sites is 2. The first-order valence-corrected chi connectivity index (χ1v) is 12.6. The van der Waals surface area contributed by atoms with Gasteiger partial charge in [0.15, 0.2) is 17.5 Å². The van der Waals surface area contributed by atoms with Crippen LogP contribution in [0.4, 0.5) is 0 Å². The highest BCUT2D eigenvalue weighted by Gasteiger charge is 2.40. The summed E-state index contributed by atoms with van der Waals surface area (Å²) < 4.78 is 17.5. The Hall–Kier alpha value is -3.26. The summed E-state index contributed by atoms with van der Waals surface area (Å²) in [4.78, 5) is 30.0. The van der Waals surface area contributed by atoms with E-state index < -0.39 is 12.1 Å². The minimum absolute atomic E-state index is 0.0753. The molecule has 1 aliphatic heterocycles. The molecular formula is C26H28N2O5S. The molecule has 3 heterocycles. The Labute approximate surface area is 202 Å². The van der Waals surface area contributed by atoms with Crippen LogP contribution in [0.15, 0.2) is 64.6 Å². The number of nitrogens with zero attached hydrogens (tertiary/aromatic N) is 1. The van der Waals surface area contributed by atoms with Gasteiger partial charge < -0.3 is 24.1 Å². The van der Waals surface area contributed by atoms with E-state index in [-0.39, 0.29) is 31.0 Å². The van der Waals surface area contributed by atoms with Gasteiger partial charge in [-0.1, -0.05) is 37.5 Å². The van der Waals surface area contributed by atoms with Crippen LogP contribution >= 0.6 is 11.3 Å². The fourth-order valence-corrected chi connectivity index (χ4v) is 5.29. The molecule has 0 saturated heterocycles. The summed E-state index contributed by atoms with van der Waals surface area (Å²) in [6.45, 7) is 0.341. The molecule has 1 N–H and O–H groups in total. The van der Waals surface area contributed by atoms with E-state index in [1.54, 1.807) is 23.1 Å². The summed E-state index contributed by atoms with van der Waals surface area (Å²) in [5.41, 5.74) is 0. The molecule has 1 fully saturated rings. The first-order chi connectivity index (χ1) is 16.7. The van der Waals surface area contributed by atoms with Gasteiger partial charge in [0.25, 0.3) is 11.8 Å². The third-order valence-corrected chi connectivity index (χ3v) is 7.16. The summed E-state index contributed by atoms with van der Waals surface area (Å²) in [6, 6.07) is 13.8. The average molecular weight is 481 g/mol. The van der Waals surface area contributed by atoms with Crippen LogP contribution in [0.2, 0.25) is 0 Å². The van der Waals surface area contributed by atoms with E-state index in [1.165, 1.54) is 24.0 Å². The van der Waals surface area contributed by atoms with Crippen LogP contribution in [0.3, 0.4) is 0 Å². The van der Waals surface area contributed by atoms with E-state index >= 15 is 0 Å². The van der Waals surface area contributed by atoms with Gasteiger partial charge in [-0.25, -0.2) is 0 Å². The molecular weight excluding hydrogens is 452 g/mol. The fourth-order valence-electron chi connectivity index (χ4n) is 4.59. The molecule has 2 atom stereocenters. The van der Waals surface area contributed by atoms with Crippen LogP contribution in [0.1, 0.15) is 48.8 Å². The molecule has 2 amide bonds. The number of thiophene rings is 1. The Morgan fingerprint density at radius 1 is 1.03 bits per heavy atom. The SMILES string of the molecule is O=C(NC1CCCCC1)C(c1ccco1)N(Cc1cccs1)C(=O)C1COc2ccccc2O1. The number of amides is 2. The van der Waals surface area contributed by atoms with E-state index in [1.807, 2.05) is 35.7 Å². The number of fused-ring (bicyclic) bond motifs is 1. The Balaban J connectivity index is 1.44. The van der Waals surface area contributed by atoms with Gasteiger partial charge in [-0.2, -0.15) is 0 Å². The van der Waals surface area contributed by atoms with Crippen LogP contribution in [-0.2, 0) is 16.1 Å². The Morgan fingerprint density at radius 3 is 2.59 bits per heavy atom. The van der Waals surface area contributed by atoms with Crippen LogP contribution in [0.25, 0.3) is 0 Å². The molecule has 0 spiro atoms. The lowest BCUT2D eigenvalue weighted by atomic mass is 9.95. The second-order valence-electron chi connectivity index (χ2n) is 8.67. The predicted octanol–water partition coefficient (Wildman–Crippen LogP) is 4.70. The number of ether oxygens (including phenoxy) is 2. The Bertz CT molecular complexity index is 1090. The van der Waals surface area contributed by atoms with E-state index in [0.29, 0.717) is 17.3 Å². The molecule has 0 bridgehead atoms. The van der Waals surface area contributed by atoms with Crippen molar-refractivity contribution in [2.75, 3.05) is 6.61 Å². The minimum Gasteiger partial charge on any atom is -0.485 e. The zero-order valence-corrected chi connectivity index (χ0v) is 19.7. The number of benzene rings is 1. The number of hydrogen-bond acceptors (Lipinski definition) is 6. The van der Waals surface area contributed by atoms with Crippen molar-refractivity contribution >= 4 is 23.2 Å². The van der Waals surface area contributed by atoms with Crippen molar-refractivity contribution in [3.8, 4) is 11.5 Å². The maximum atomic E-state index is 13.9. The number of furan rings is 1. The quantitative estimate of drug-likeness (QED) is 0.530. The monoisotopic (exact) mass is 480 g/mol. The number of hydrogen-bond donors (Lipinski definition) is 1. The Morgan fingerprint density at radius 2 is 1.85 bits per heavy atom. The van der Waals surface area contributed by atoms with Crippen LogP contribution in [0.5, 0.6) is 11.5 Å². The molecule has 178 valence electrons. The van der Waals surface area contributed by atoms with Crippen molar-refractivity contribution in [3.05, 3.63) is 70.8 Å². The standard InChI is InChI=1S/C26H28N2O5S/c29-25(27-18-8-2-1-3-9-18)24(22-13-6-14-31-22)28(16-19-10-7-15-34-19)26(30)23-17-32-20-11-4-5-12-21(20)33-23/h4-7,10-15,18,23-24H,1-3,8-9,16-17H2,(H,27,29). The van der Waals surface area contributed by atoms with Crippen molar-refractivity contribution in [2.24, 2.45) is 0 Å². The van der Waals surface area contributed by atoms with Gasteiger partial charge in [0, 0.05) is 10.9 Å². The predicted molar refractivity (Wildman–Crippen MR) is 128 cm³/mol. The van der Waals surface area contributed by atoms with E-state index in [2.05, 4.69) is 5.32 Å². The molecule has 1 aliphatic carbocycles.